The van der Waals surface area contributed by atoms with Crippen LogP contribution in [0.5, 0.6) is 0 Å². The van der Waals surface area contributed by atoms with Crippen molar-refractivity contribution in [3.63, 3.8) is 0 Å². The number of aryl methyl sites for hydroxylation is 2. The Morgan fingerprint density at radius 1 is 1.03 bits per heavy atom. The number of fused-ring (bicyclic) bond motifs is 3. The van der Waals surface area contributed by atoms with Gasteiger partial charge in [0.1, 0.15) is 7.05 Å². The van der Waals surface area contributed by atoms with Gasteiger partial charge in [0.05, 0.1) is 11.1 Å². The highest BCUT2D eigenvalue weighted by molar-refractivity contribution is 6.09. The largest absolute Gasteiger partial charge is 0.437 e. The molecule has 3 heterocycles. The summed E-state index contributed by atoms with van der Waals surface area (Å²) >= 11 is 0. The van der Waals surface area contributed by atoms with Crippen LogP contribution >= 0.6 is 0 Å². The third kappa shape index (κ3) is 3.90. The van der Waals surface area contributed by atoms with Crippen LogP contribution in [0.1, 0.15) is 59.9 Å². The zero-order valence-electron chi connectivity index (χ0n) is 26.9. The molecule has 0 unspecified atom stereocenters. The Kier molecular flexibility index (Phi) is 3.96. The molecule has 3 heteroatoms. The Balaban J connectivity index is 1.77. The fourth-order valence-corrected chi connectivity index (χ4v) is 4.75. The van der Waals surface area contributed by atoms with Gasteiger partial charge >= 0.3 is 0 Å². The zero-order chi connectivity index (χ0) is 29.9. The van der Waals surface area contributed by atoms with E-state index in [-0.39, 0.29) is 11.4 Å². The van der Waals surface area contributed by atoms with Crippen molar-refractivity contribution in [3.8, 4) is 22.4 Å². The van der Waals surface area contributed by atoms with Crippen molar-refractivity contribution >= 4 is 22.1 Å². The molecule has 5 aromatic rings. The third-order valence-corrected chi connectivity index (χ3v) is 6.27. The molecule has 3 aromatic heterocycles. The summed E-state index contributed by atoms with van der Waals surface area (Å²) in [6.45, 7) is 0.136. The number of benzene rings is 2. The highest BCUT2D eigenvalue weighted by atomic mass is 16.3. The number of hydrogen-bond donors (Lipinski definition) is 0. The van der Waals surface area contributed by atoms with Crippen molar-refractivity contribution in [1.29, 1.82) is 0 Å². The average molecular weight is 457 g/mol. The van der Waals surface area contributed by atoms with Gasteiger partial charge in [-0.2, -0.15) is 0 Å². The lowest BCUT2D eigenvalue weighted by atomic mass is 9.92. The SMILES string of the molecule is [2H]C([2H])([2H])C([2H])(c1ccc2c(n1)oc1c(-c3c(-c4cccc(CC(C)C)c4)ccc[n+]3C)c(C)ccc12)C([2H])([2H])[2H]. The molecule has 0 N–H and O–H groups in total. The highest BCUT2D eigenvalue weighted by Crippen LogP contribution is 2.40. The summed E-state index contributed by atoms with van der Waals surface area (Å²) in [4.78, 5) is 4.34. The van der Waals surface area contributed by atoms with Gasteiger partial charge < -0.3 is 4.42 Å². The molecule has 5 rings (SSSR count). The molecular formula is C31H33N2O+. The maximum absolute atomic E-state index is 8.56. The lowest BCUT2D eigenvalue weighted by Crippen LogP contribution is -2.31. The predicted molar refractivity (Wildman–Crippen MR) is 141 cm³/mol. The molecule has 34 heavy (non-hydrogen) atoms. The minimum Gasteiger partial charge on any atom is -0.437 e. The normalized spacial score (nSPS) is 16.0. The van der Waals surface area contributed by atoms with Crippen LogP contribution in [0.3, 0.4) is 0 Å². The monoisotopic (exact) mass is 456 g/mol. The van der Waals surface area contributed by atoms with Gasteiger partial charge in [-0.1, -0.05) is 63.9 Å². The summed E-state index contributed by atoms with van der Waals surface area (Å²) in [5, 5.41) is 1.38. The molecule has 0 aliphatic rings. The smallest absolute Gasteiger partial charge is 0.227 e. The molecule has 0 radical (unpaired) electrons. The van der Waals surface area contributed by atoms with E-state index in [0.29, 0.717) is 16.9 Å². The van der Waals surface area contributed by atoms with Crippen LogP contribution in [0.2, 0.25) is 0 Å². The first-order valence-electron chi connectivity index (χ1n) is 15.0. The molecule has 0 aliphatic heterocycles. The second-order valence-electron chi connectivity index (χ2n) is 9.34. The molecule has 0 saturated carbocycles. The van der Waals surface area contributed by atoms with Gasteiger partial charge in [-0.3, -0.25) is 0 Å². The van der Waals surface area contributed by atoms with Crippen LogP contribution in [0.25, 0.3) is 44.5 Å². The second-order valence-corrected chi connectivity index (χ2v) is 9.34. The average Bonchev–Trinajstić information content (AvgIpc) is 3.24. The summed E-state index contributed by atoms with van der Waals surface area (Å²) in [5.41, 5.74) is 6.41. The molecule has 3 nitrogen and oxygen atoms in total. The molecule has 0 amide bonds. The van der Waals surface area contributed by atoms with Crippen molar-refractivity contribution in [2.45, 2.75) is 46.8 Å². The fourth-order valence-electron chi connectivity index (χ4n) is 4.75. The van der Waals surface area contributed by atoms with E-state index in [1.165, 1.54) is 11.6 Å². The van der Waals surface area contributed by atoms with Crippen molar-refractivity contribution in [3.05, 3.63) is 83.7 Å². The molecule has 0 spiro atoms. The van der Waals surface area contributed by atoms with Gasteiger partial charge in [-0.25, -0.2) is 9.55 Å². The Hall–Kier alpha value is -3.46. The van der Waals surface area contributed by atoms with Crippen molar-refractivity contribution in [1.82, 2.24) is 4.98 Å². The second kappa shape index (κ2) is 8.72. The molecular weight excluding hydrogens is 416 g/mol. The van der Waals surface area contributed by atoms with Crippen LogP contribution in [-0.4, -0.2) is 4.98 Å². The number of nitrogens with zero attached hydrogens (tertiary/aromatic N) is 2. The van der Waals surface area contributed by atoms with Crippen molar-refractivity contribution in [2.75, 3.05) is 0 Å². The maximum Gasteiger partial charge on any atom is 0.227 e. The minimum absolute atomic E-state index is 0.0912. The molecule has 0 atom stereocenters. The van der Waals surface area contributed by atoms with Gasteiger partial charge in [0.15, 0.2) is 11.8 Å². The Morgan fingerprint density at radius 2 is 1.85 bits per heavy atom. The quantitative estimate of drug-likeness (QED) is 0.253. The first kappa shape index (κ1) is 15.4. The van der Waals surface area contributed by atoms with E-state index in [1.807, 2.05) is 38.4 Å². The van der Waals surface area contributed by atoms with Crippen LogP contribution < -0.4 is 4.57 Å². The topological polar surface area (TPSA) is 29.9 Å². The Morgan fingerprint density at radius 3 is 2.65 bits per heavy atom. The van der Waals surface area contributed by atoms with Crippen LogP contribution in [0.15, 0.2) is 71.3 Å². The summed E-state index contributed by atoms with van der Waals surface area (Å²) in [6.07, 6.45) is 2.95. The Labute approximate surface area is 211 Å². The summed E-state index contributed by atoms with van der Waals surface area (Å²) in [5.74, 6) is -2.38. The summed E-state index contributed by atoms with van der Waals surface area (Å²) in [6, 6.07) is 19.5. The van der Waals surface area contributed by atoms with Gasteiger partial charge in [-0.15, -0.1) is 0 Å². The molecule has 2 aromatic carbocycles. The minimum atomic E-state index is -3.14. The third-order valence-electron chi connectivity index (χ3n) is 6.27. The number of furan rings is 1. The zero-order valence-corrected chi connectivity index (χ0v) is 19.9. The molecule has 0 aliphatic carbocycles. The van der Waals surface area contributed by atoms with Crippen LogP contribution in [-0.2, 0) is 13.5 Å². The van der Waals surface area contributed by atoms with Crippen LogP contribution in [0, 0.1) is 12.8 Å². The molecule has 0 fully saturated rings. The van der Waals surface area contributed by atoms with E-state index < -0.39 is 19.6 Å². The predicted octanol–water partition coefficient (Wildman–Crippen LogP) is 7.77. The van der Waals surface area contributed by atoms with Crippen molar-refractivity contribution in [2.24, 2.45) is 13.0 Å². The molecule has 0 saturated heterocycles. The number of aromatic nitrogens is 2. The van der Waals surface area contributed by atoms with E-state index in [1.54, 1.807) is 6.07 Å². The van der Waals surface area contributed by atoms with E-state index in [4.69, 9.17) is 14.0 Å². The number of pyridine rings is 2. The van der Waals surface area contributed by atoms with E-state index in [0.717, 1.165) is 39.8 Å². The molecule has 172 valence electrons. The Bertz CT molecular complexity index is 1750. The highest BCUT2D eigenvalue weighted by Gasteiger charge is 2.25. The van der Waals surface area contributed by atoms with Gasteiger partial charge in [0.25, 0.3) is 0 Å². The van der Waals surface area contributed by atoms with E-state index in [9.17, 15) is 0 Å². The summed E-state index contributed by atoms with van der Waals surface area (Å²) < 4.78 is 64.1. The van der Waals surface area contributed by atoms with E-state index >= 15 is 0 Å². The van der Waals surface area contributed by atoms with Crippen molar-refractivity contribution < 1.29 is 18.6 Å². The standard InChI is InChI=1S/C31H33N2O/c1-19(2)17-22-9-7-10-23(18-22)24-11-8-16-33(6)29(24)28-21(5)12-13-25-26-14-15-27(20(3)4)32-31(26)34-30(25)28/h7-16,18-20H,17H2,1-6H3/q+1/i3D3,4D3,20D. The first-order chi connectivity index (χ1) is 19.1. The number of hydrogen-bond acceptors (Lipinski definition) is 2. The fraction of sp³-hybridized carbons (Fsp3) is 0.290. The van der Waals surface area contributed by atoms with Crippen LogP contribution in [0.4, 0.5) is 0 Å². The lowest BCUT2D eigenvalue weighted by molar-refractivity contribution is -0.659. The maximum atomic E-state index is 8.56. The van der Waals surface area contributed by atoms with E-state index in [2.05, 4.69) is 53.7 Å². The van der Waals surface area contributed by atoms with Gasteiger partial charge in [0, 0.05) is 32.1 Å². The van der Waals surface area contributed by atoms with Gasteiger partial charge in [-0.05, 0) is 60.0 Å². The van der Waals surface area contributed by atoms with Gasteiger partial charge in [0.2, 0.25) is 11.4 Å². The number of rotatable bonds is 5. The first-order valence-corrected chi connectivity index (χ1v) is 11.5. The lowest BCUT2D eigenvalue weighted by Gasteiger charge is -2.12. The molecule has 0 bridgehead atoms. The summed E-state index contributed by atoms with van der Waals surface area (Å²) in [7, 11) is 1.98.